The Bertz CT molecular complexity index is 697. The van der Waals surface area contributed by atoms with Crippen LogP contribution < -0.4 is 10.6 Å². The number of benzene rings is 1. The Morgan fingerprint density at radius 1 is 1.43 bits per heavy atom. The van der Waals surface area contributed by atoms with Gasteiger partial charge in [-0.1, -0.05) is 23.5 Å². The summed E-state index contributed by atoms with van der Waals surface area (Å²) in [5.74, 6) is -1.24. The highest BCUT2D eigenvalue weighted by molar-refractivity contribution is 7.22. The molecule has 0 radical (unpaired) electrons. The van der Waals surface area contributed by atoms with Crippen molar-refractivity contribution in [3.63, 3.8) is 0 Å². The molecule has 7 heteroatoms. The quantitative estimate of drug-likeness (QED) is 0.864. The summed E-state index contributed by atoms with van der Waals surface area (Å²) in [6.45, 7) is 2.92. The summed E-state index contributed by atoms with van der Waals surface area (Å²) in [5, 5.41) is 0.923. The molecule has 2 unspecified atom stereocenters. The third kappa shape index (κ3) is 3.44. The van der Waals surface area contributed by atoms with Crippen LogP contribution in [0.4, 0.5) is 5.13 Å². The lowest BCUT2D eigenvalue weighted by atomic mass is 9.98. The zero-order chi connectivity index (χ0) is 16.4. The Balaban J connectivity index is 1.70. The molecule has 1 aromatic heterocycles. The first-order chi connectivity index (χ1) is 11.0. The monoisotopic (exact) mass is 333 g/mol. The number of nitrogens with zero attached hydrogens (tertiary/aromatic N) is 2. The Morgan fingerprint density at radius 2 is 2.22 bits per heavy atom. The predicted octanol–water partition coefficient (Wildman–Crippen LogP) is 1.93. The van der Waals surface area contributed by atoms with E-state index >= 15 is 0 Å². The number of aromatic nitrogens is 1. The van der Waals surface area contributed by atoms with E-state index in [0.717, 1.165) is 34.7 Å². The smallest absolute Gasteiger partial charge is 0.311 e. The molecule has 0 spiro atoms. The van der Waals surface area contributed by atoms with Crippen LogP contribution in [0.2, 0.25) is 0 Å². The van der Waals surface area contributed by atoms with E-state index in [9.17, 15) is 9.59 Å². The molecule has 1 amide bonds. The number of hydrogen-bond donors (Lipinski definition) is 1. The van der Waals surface area contributed by atoms with Crippen LogP contribution >= 0.6 is 11.3 Å². The van der Waals surface area contributed by atoms with Gasteiger partial charge in [-0.15, -0.1) is 0 Å². The molecule has 1 aromatic carbocycles. The summed E-state index contributed by atoms with van der Waals surface area (Å²) in [4.78, 5) is 30.0. The SMILES string of the molecule is CC(OC(=O)C1CCCN(c2nc3ccccc3s2)C1)C(N)=O. The zero-order valence-electron chi connectivity index (χ0n) is 12.9. The maximum Gasteiger partial charge on any atom is 0.311 e. The molecule has 2 heterocycles. The first-order valence-electron chi connectivity index (χ1n) is 7.65. The lowest BCUT2D eigenvalue weighted by Gasteiger charge is -2.31. The second-order valence-electron chi connectivity index (χ2n) is 5.73. The van der Waals surface area contributed by atoms with E-state index in [1.807, 2.05) is 24.3 Å². The fourth-order valence-corrected chi connectivity index (χ4v) is 3.67. The molecule has 3 rings (SSSR count). The number of esters is 1. The van der Waals surface area contributed by atoms with Gasteiger partial charge in [0.25, 0.3) is 5.91 Å². The van der Waals surface area contributed by atoms with Crippen molar-refractivity contribution < 1.29 is 14.3 Å². The first kappa shape index (κ1) is 15.7. The van der Waals surface area contributed by atoms with Crippen molar-refractivity contribution in [2.75, 3.05) is 18.0 Å². The van der Waals surface area contributed by atoms with Crippen molar-refractivity contribution in [2.24, 2.45) is 11.7 Å². The predicted molar refractivity (Wildman–Crippen MR) is 89.3 cm³/mol. The number of fused-ring (bicyclic) bond motifs is 1. The Morgan fingerprint density at radius 3 is 2.96 bits per heavy atom. The molecular weight excluding hydrogens is 314 g/mol. The fourth-order valence-electron chi connectivity index (χ4n) is 2.67. The van der Waals surface area contributed by atoms with Gasteiger partial charge in [0.05, 0.1) is 16.1 Å². The number of primary amides is 1. The van der Waals surface area contributed by atoms with Gasteiger partial charge in [0.15, 0.2) is 11.2 Å². The molecule has 122 valence electrons. The van der Waals surface area contributed by atoms with Crippen LogP contribution in [-0.2, 0) is 14.3 Å². The number of anilines is 1. The summed E-state index contributed by atoms with van der Waals surface area (Å²) in [6.07, 6.45) is 0.757. The molecule has 0 saturated carbocycles. The van der Waals surface area contributed by atoms with Crippen molar-refractivity contribution in [1.82, 2.24) is 4.98 Å². The van der Waals surface area contributed by atoms with Crippen molar-refractivity contribution in [3.05, 3.63) is 24.3 Å². The minimum Gasteiger partial charge on any atom is -0.452 e. The molecule has 1 saturated heterocycles. The molecule has 1 aliphatic heterocycles. The minimum atomic E-state index is -0.889. The number of ether oxygens (including phenoxy) is 1. The second-order valence-corrected chi connectivity index (χ2v) is 6.74. The average Bonchev–Trinajstić information content (AvgIpc) is 2.99. The van der Waals surface area contributed by atoms with Crippen LogP contribution in [0.1, 0.15) is 19.8 Å². The van der Waals surface area contributed by atoms with E-state index in [2.05, 4.69) is 9.88 Å². The van der Waals surface area contributed by atoms with Gasteiger partial charge in [-0.3, -0.25) is 9.59 Å². The van der Waals surface area contributed by atoms with Crippen LogP contribution in [-0.4, -0.2) is 36.1 Å². The Kier molecular flexibility index (Phi) is 4.47. The van der Waals surface area contributed by atoms with Crippen molar-refractivity contribution >= 4 is 38.6 Å². The van der Waals surface area contributed by atoms with Gasteiger partial charge in [0.1, 0.15) is 0 Å². The highest BCUT2D eigenvalue weighted by atomic mass is 32.1. The van der Waals surface area contributed by atoms with Crippen LogP contribution in [0.25, 0.3) is 10.2 Å². The van der Waals surface area contributed by atoms with E-state index in [0.29, 0.717) is 6.54 Å². The molecule has 1 fully saturated rings. The number of thiazole rings is 1. The van der Waals surface area contributed by atoms with Crippen molar-refractivity contribution in [2.45, 2.75) is 25.9 Å². The molecule has 0 bridgehead atoms. The molecule has 1 aliphatic rings. The van der Waals surface area contributed by atoms with Crippen molar-refractivity contribution in [1.29, 1.82) is 0 Å². The third-order valence-electron chi connectivity index (χ3n) is 4.00. The van der Waals surface area contributed by atoms with E-state index in [1.54, 1.807) is 11.3 Å². The number of piperidine rings is 1. The largest absolute Gasteiger partial charge is 0.452 e. The average molecular weight is 333 g/mol. The topological polar surface area (TPSA) is 85.5 Å². The van der Waals surface area contributed by atoms with Crippen LogP contribution in [0, 0.1) is 5.92 Å². The maximum absolute atomic E-state index is 12.2. The molecule has 2 atom stereocenters. The van der Waals surface area contributed by atoms with E-state index < -0.39 is 12.0 Å². The first-order valence-corrected chi connectivity index (χ1v) is 8.46. The highest BCUT2D eigenvalue weighted by Crippen LogP contribution is 2.31. The second kappa shape index (κ2) is 6.54. The fraction of sp³-hybridized carbons (Fsp3) is 0.438. The van der Waals surface area contributed by atoms with Gasteiger partial charge in [-0.25, -0.2) is 4.98 Å². The standard InChI is InChI=1S/C16H19N3O3S/c1-10(14(17)20)22-15(21)11-5-4-8-19(9-11)16-18-12-6-2-3-7-13(12)23-16/h2-3,6-7,10-11H,4-5,8-9H2,1H3,(H2,17,20). The Labute approximate surface area is 138 Å². The lowest BCUT2D eigenvalue weighted by Crippen LogP contribution is -2.41. The number of carbonyl (C=O) groups is 2. The summed E-state index contributed by atoms with van der Waals surface area (Å²) in [7, 11) is 0. The van der Waals surface area contributed by atoms with Crippen LogP contribution in [0.3, 0.4) is 0 Å². The van der Waals surface area contributed by atoms with Gasteiger partial charge in [0, 0.05) is 13.1 Å². The molecule has 0 aliphatic carbocycles. The summed E-state index contributed by atoms with van der Waals surface area (Å²) in [5.41, 5.74) is 6.11. The summed E-state index contributed by atoms with van der Waals surface area (Å²) in [6, 6.07) is 7.99. The number of hydrogen-bond acceptors (Lipinski definition) is 6. The number of para-hydroxylation sites is 1. The van der Waals surface area contributed by atoms with Gasteiger partial charge < -0.3 is 15.4 Å². The highest BCUT2D eigenvalue weighted by Gasteiger charge is 2.30. The van der Waals surface area contributed by atoms with Crippen LogP contribution in [0.15, 0.2) is 24.3 Å². The van der Waals surface area contributed by atoms with Gasteiger partial charge in [-0.2, -0.15) is 0 Å². The number of rotatable bonds is 4. The van der Waals surface area contributed by atoms with E-state index in [4.69, 9.17) is 10.5 Å². The maximum atomic E-state index is 12.2. The summed E-state index contributed by atoms with van der Waals surface area (Å²) >= 11 is 1.62. The van der Waals surface area contributed by atoms with Crippen molar-refractivity contribution in [3.8, 4) is 0 Å². The molecular formula is C16H19N3O3S. The van der Waals surface area contributed by atoms with Gasteiger partial charge in [-0.05, 0) is 31.9 Å². The normalized spacial score (nSPS) is 19.5. The van der Waals surface area contributed by atoms with E-state index in [1.165, 1.54) is 6.92 Å². The summed E-state index contributed by atoms with van der Waals surface area (Å²) < 4.78 is 6.27. The molecule has 23 heavy (non-hydrogen) atoms. The zero-order valence-corrected chi connectivity index (χ0v) is 13.7. The van der Waals surface area contributed by atoms with E-state index in [-0.39, 0.29) is 11.9 Å². The lowest BCUT2D eigenvalue weighted by molar-refractivity contribution is -0.158. The van der Waals surface area contributed by atoms with Gasteiger partial charge in [0.2, 0.25) is 0 Å². The van der Waals surface area contributed by atoms with Gasteiger partial charge >= 0.3 is 5.97 Å². The minimum absolute atomic E-state index is 0.252. The number of amides is 1. The number of carbonyl (C=O) groups excluding carboxylic acids is 2. The molecule has 6 nitrogen and oxygen atoms in total. The number of nitrogens with two attached hydrogens (primary N) is 1. The molecule has 2 N–H and O–H groups in total. The Hall–Kier alpha value is -2.15. The third-order valence-corrected chi connectivity index (χ3v) is 5.10. The molecule has 2 aromatic rings. The van der Waals surface area contributed by atoms with Crippen LogP contribution in [0.5, 0.6) is 0 Å².